The van der Waals surface area contributed by atoms with Crippen molar-refractivity contribution in [1.82, 2.24) is 14.7 Å². The van der Waals surface area contributed by atoms with Crippen LogP contribution in [0.25, 0.3) is 10.9 Å². The zero-order chi connectivity index (χ0) is 26.5. The first-order valence-corrected chi connectivity index (χ1v) is 13.0. The molecular weight excluding hydrogens is 469 g/mol. The molecule has 1 saturated heterocycles. The zero-order valence-corrected chi connectivity index (χ0v) is 22.1. The number of carbonyl (C=O) groups is 1. The first kappa shape index (κ1) is 26.7. The van der Waals surface area contributed by atoms with Gasteiger partial charge >= 0.3 is 5.97 Å². The van der Waals surface area contributed by atoms with Gasteiger partial charge in [-0.2, -0.15) is 5.10 Å². The number of alkyl halides is 1. The number of carboxylic acid groups (broad SMARTS) is 1. The summed E-state index contributed by atoms with van der Waals surface area (Å²) in [4.78, 5) is 13.3. The lowest BCUT2D eigenvalue weighted by Gasteiger charge is -2.14. The second kappa shape index (κ2) is 11.8. The Balaban J connectivity index is 1.54. The van der Waals surface area contributed by atoms with E-state index in [1.807, 2.05) is 24.3 Å². The van der Waals surface area contributed by atoms with E-state index < -0.39 is 12.1 Å². The summed E-state index contributed by atoms with van der Waals surface area (Å²) in [6, 6.07) is 11.7. The van der Waals surface area contributed by atoms with Crippen LogP contribution in [0.2, 0.25) is 0 Å². The maximum Gasteiger partial charge on any atom is 0.304 e. The Morgan fingerprint density at radius 1 is 1.24 bits per heavy atom. The highest BCUT2D eigenvalue weighted by Gasteiger charge is 2.24. The maximum atomic E-state index is 13.7. The average molecular weight is 506 g/mol. The molecule has 2 atom stereocenters. The van der Waals surface area contributed by atoms with Gasteiger partial charge in [0.05, 0.1) is 23.5 Å². The van der Waals surface area contributed by atoms with Gasteiger partial charge in [0.1, 0.15) is 18.5 Å². The Bertz CT molecular complexity index is 1300. The zero-order valence-electron chi connectivity index (χ0n) is 22.1. The van der Waals surface area contributed by atoms with Crippen molar-refractivity contribution < 1.29 is 19.0 Å². The summed E-state index contributed by atoms with van der Waals surface area (Å²) in [5, 5.41) is 15.3. The number of fused-ring (bicyclic) bond motifs is 1. The molecule has 7 heteroatoms. The molecule has 1 fully saturated rings. The molecule has 1 aliphatic rings. The Labute approximate surface area is 218 Å². The van der Waals surface area contributed by atoms with Gasteiger partial charge in [0, 0.05) is 31.6 Å². The van der Waals surface area contributed by atoms with Crippen LogP contribution >= 0.6 is 0 Å². The van der Waals surface area contributed by atoms with Crippen LogP contribution in [0.15, 0.2) is 36.4 Å². The number of carboxylic acids is 1. The number of benzene rings is 2. The number of rotatable bonds is 10. The number of hydrogen-bond donors (Lipinski definition) is 1. The molecule has 0 bridgehead atoms. The van der Waals surface area contributed by atoms with Crippen molar-refractivity contribution in [3.8, 4) is 17.6 Å². The van der Waals surface area contributed by atoms with E-state index in [0.29, 0.717) is 37.8 Å². The second-order valence-corrected chi connectivity index (χ2v) is 10.3. The number of aliphatic carboxylic acids is 1. The molecule has 0 spiro atoms. The van der Waals surface area contributed by atoms with E-state index in [1.54, 1.807) is 6.92 Å². The summed E-state index contributed by atoms with van der Waals surface area (Å²) >= 11 is 0. The van der Waals surface area contributed by atoms with Crippen molar-refractivity contribution in [1.29, 1.82) is 0 Å². The summed E-state index contributed by atoms with van der Waals surface area (Å²) < 4.78 is 22.0. The first-order valence-electron chi connectivity index (χ1n) is 13.0. The summed E-state index contributed by atoms with van der Waals surface area (Å²) in [6.07, 6.45) is -0.178. The van der Waals surface area contributed by atoms with E-state index in [1.165, 1.54) is 0 Å². The van der Waals surface area contributed by atoms with Gasteiger partial charge in [0.25, 0.3) is 0 Å². The lowest BCUT2D eigenvalue weighted by molar-refractivity contribution is -0.137. The van der Waals surface area contributed by atoms with E-state index in [4.69, 9.17) is 9.84 Å². The fraction of sp³-hybridized carbons (Fsp3) is 0.467. The molecular formula is C30H36FN3O3. The minimum atomic E-state index is -0.870. The number of aromatic nitrogens is 2. The molecule has 2 heterocycles. The van der Waals surface area contributed by atoms with Gasteiger partial charge in [-0.15, -0.1) is 5.92 Å². The van der Waals surface area contributed by atoms with Crippen molar-refractivity contribution in [3.63, 3.8) is 0 Å². The molecule has 2 unspecified atom stereocenters. The molecule has 37 heavy (non-hydrogen) atoms. The molecule has 1 N–H and O–H groups in total. The topological polar surface area (TPSA) is 67.6 Å². The molecule has 2 aromatic carbocycles. The SMILES string of the molecule is CC#CC(CC(=O)O)c1ccc(OCc2ccc3c(CN4CCC(F)C4)nn(CC(C)C)c3c2C)cc1. The fourth-order valence-corrected chi connectivity index (χ4v) is 5.01. The number of ether oxygens (including phenoxy) is 1. The number of aryl methyl sites for hydroxylation is 1. The van der Waals surface area contributed by atoms with E-state index >= 15 is 0 Å². The van der Waals surface area contributed by atoms with Gasteiger partial charge in [-0.05, 0) is 55.0 Å². The highest BCUT2D eigenvalue weighted by molar-refractivity contribution is 5.86. The smallest absolute Gasteiger partial charge is 0.304 e. The minimum Gasteiger partial charge on any atom is -0.489 e. The normalized spacial score (nSPS) is 16.6. The van der Waals surface area contributed by atoms with Crippen LogP contribution < -0.4 is 4.74 Å². The van der Waals surface area contributed by atoms with Crippen molar-refractivity contribution in [2.45, 2.75) is 72.3 Å². The standard InChI is InChI=1S/C30H36FN3O3/c1-5-6-23(15-29(35)36)22-7-10-26(11-8-22)37-19-24-9-12-27-28(18-33-14-13-25(31)17-33)32-34(16-20(2)3)30(27)21(24)4/h7-12,20,23,25H,13-19H2,1-4H3,(H,35,36). The lowest BCUT2D eigenvalue weighted by atomic mass is 9.96. The highest BCUT2D eigenvalue weighted by Crippen LogP contribution is 2.29. The van der Waals surface area contributed by atoms with Crippen LogP contribution in [0.5, 0.6) is 5.75 Å². The summed E-state index contributed by atoms with van der Waals surface area (Å²) in [7, 11) is 0. The Hall–Kier alpha value is -3.37. The molecule has 0 amide bonds. The Morgan fingerprint density at radius 2 is 2.00 bits per heavy atom. The fourth-order valence-electron chi connectivity index (χ4n) is 5.01. The monoisotopic (exact) mass is 505 g/mol. The number of hydrogen-bond acceptors (Lipinski definition) is 4. The molecule has 1 aliphatic heterocycles. The number of likely N-dealkylation sites (tertiary alicyclic amines) is 1. The Kier molecular flexibility index (Phi) is 8.50. The molecule has 1 aromatic heterocycles. The second-order valence-electron chi connectivity index (χ2n) is 10.3. The van der Waals surface area contributed by atoms with E-state index in [9.17, 15) is 14.3 Å². The van der Waals surface area contributed by atoms with Gasteiger partial charge < -0.3 is 9.84 Å². The predicted octanol–water partition coefficient (Wildman–Crippen LogP) is 5.71. The highest BCUT2D eigenvalue weighted by atomic mass is 19.1. The molecule has 0 saturated carbocycles. The predicted molar refractivity (Wildman–Crippen MR) is 143 cm³/mol. The maximum absolute atomic E-state index is 13.7. The molecule has 4 rings (SSSR count). The van der Waals surface area contributed by atoms with Crippen molar-refractivity contribution in [3.05, 3.63) is 58.8 Å². The van der Waals surface area contributed by atoms with Crippen LogP contribution in [0, 0.1) is 24.7 Å². The van der Waals surface area contributed by atoms with E-state index in [0.717, 1.165) is 46.4 Å². The molecule has 196 valence electrons. The summed E-state index contributed by atoms with van der Waals surface area (Å²) in [5.74, 6) is 5.75. The van der Waals surface area contributed by atoms with Crippen molar-refractivity contribution in [2.24, 2.45) is 5.92 Å². The molecule has 0 radical (unpaired) electrons. The molecule has 3 aromatic rings. The third-order valence-electron chi connectivity index (χ3n) is 6.85. The van der Waals surface area contributed by atoms with Gasteiger partial charge in [-0.3, -0.25) is 14.4 Å². The third kappa shape index (κ3) is 6.50. The van der Waals surface area contributed by atoms with Gasteiger partial charge in [0.2, 0.25) is 0 Å². The van der Waals surface area contributed by atoms with Crippen LogP contribution in [0.4, 0.5) is 4.39 Å². The van der Waals surface area contributed by atoms with Crippen molar-refractivity contribution >= 4 is 16.9 Å². The first-order chi connectivity index (χ1) is 17.7. The Morgan fingerprint density at radius 3 is 2.62 bits per heavy atom. The van der Waals surface area contributed by atoms with Gasteiger partial charge in [-0.25, -0.2) is 4.39 Å². The van der Waals surface area contributed by atoms with Crippen LogP contribution in [-0.2, 0) is 24.5 Å². The third-order valence-corrected chi connectivity index (χ3v) is 6.85. The van der Waals surface area contributed by atoms with Crippen LogP contribution in [-0.4, -0.2) is 45.0 Å². The largest absolute Gasteiger partial charge is 0.489 e. The quantitative estimate of drug-likeness (QED) is 0.358. The molecule has 6 nitrogen and oxygen atoms in total. The number of halogens is 1. The van der Waals surface area contributed by atoms with E-state index in [2.05, 4.69) is 54.3 Å². The van der Waals surface area contributed by atoms with E-state index in [-0.39, 0.29) is 12.3 Å². The minimum absolute atomic E-state index is 0.0293. The summed E-state index contributed by atoms with van der Waals surface area (Å²) in [5.41, 5.74) is 5.20. The summed E-state index contributed by atoms with van der Waals surface area (Å²) in [6.45, 7) is 11.3. The van der Waals surface area contributed by atoms with Gasteiger partial charge in [0.15, 0.2) is 0 Å². The van der Waals surface area contributed by atoms with Crippen LogP contribution in [0.1, 0.15) is 61.9 Å². The average Bonchev–Trinajstić information content (AvgIpc) is 3.41. The van der Waals surface area contributed by atoms with Crippen LogP contribution in [0.3, 0.4) is 0 Å². The lowest BCUT2D eigenvalue weighted by Crippen LogP contribution is -2.21. The van der Waals surface area contributed by atoms with Gasteiger partial charge in [-0.1, -0.05) is 44.0 Å². The number of nitrogens with zero attached hydrogens (tertiary/aromatic N) is 3. The van der Waals surface area contributed by atoms with Crippen molar-refractivity contribution in [2.75, 3.05) is 13.1 Å². The molecule has 0 aliphatic carbocycles.